The highest BCUT2D eigenvalue weighted by Gasteiger charge is 2.16. The van der Waals surface area contributed by atoms with Crippen molar-refractivity contribution in [1.82, 2.24) is 20.3 Å². The van der Waals surface area contributed by atoms with Crippen LogP contribution in [0.15, 0.2) is 6.20 Å². The predicted octanol–water partition coefficient (Wildman–Crippen LogP) is 2.01. The van der Waals surface area contributed by atoms with E-state index in [0.717, 1.165) is 25.2 Å². The average molecular weight is 276 g/mol. The van der Waals surface area contributed by atoms with E-state index in [1.807, 2.05) is 11.6 Å². The number of hydrogen-bond donors (Lipinski definition) is 1. The molecule has 0 aliphatic rings. The van der Waals surface area contributed by atoms with Crippen molar-refractivity contribution >= 4 is 0 Å². The molecule has 1 N–H and O–H groups in total. The van der Waals surface area contributed by atoms with E-state index in [2.05, 4.69) is 22.6 Å². The number of ether oxygens (including phenoxy) is 1. The Morgan fingerprint density at radius 1 is 1.42 bits per heavy atom. The van der Waals surface area contributed by atoms with E-state index in [4.69, 9.17) is 4.74 Å². The second kappa shape index (κ2) is 8.92. The summed E-state index contributed by atoms with van der Waals surface area (Å²) in [5, 5.41) is 11.2. The highest BCUT2D eigenvalue weighted by Crippen LogP contribution is 2.16. The van der Waals surface area contributed by atoms with E-state index >= 15 is 0 Å². The standard InChI is InChI=1S/C12H22F2N4O/c1-3-6-18-11(8-16-17-18)10(15-4-2)5-7-19-9-12(13)14/h8,10,12,15H,3-7,9H2,1-2H3. The monoisotopic (exact) mass is 276 g/mol. The Labute approximate surface area is 112 Å². The molecule has 5 nitrogen and oxygen atoms in total. The molecule has 0 radical (unpaired) electrons. The van der Waals surface area contributed by atoms with E-state index in [1.165, 1.54) is 0 Å². The molecule has 7 heteroatoms. The van der Waals surface area contributed by atoms with Gasteiger partial charge in [-0.3, -0.25) is 0 Å². The van der Waals surface area contributed by atoms with Crippen LogP contribution in [0.1, 0.15) is 38.4 Å². The first-order valence-electron chi connectivity index (χ1n) is 6.66. The molecule has 0 amide bonds. The summed E-state index contributed by atoms with van der Waals surface area (Å²) in [5.74, 6) is 0. The Morgan fingerprint density at radius 3 is 2.84 bits per heavy atom. The van der Waals surface area contributed by atoms with Crippen molar-refractivity contribution in [3.8, 4) is 0 Å². The molecule has 110 valence electrons. The third kappa shape index (κ3) is 5.61. The van der Waals surface area contributed by atoms with Gasteiger partial charge in [-0.2, -0.15) is 0 Å². The van der Waals surface area contributed by atoms with Gasteiger partial charge in [-0.05, 0) is 19.4 Å². The fraction of sp³-hybridized carbons (Fsp3) is 0.833. The molecule has 19 heavy (non-hydrogen) atoms. The number of halogens is 2. The number of nitrogens with zero attached hydrogens (tertiary/aromatic N) is 3. The molecule has 1 atom stereocenters. The smallest absolute Gasteiger partial charge is 0.261 e. The van der Waals surface area contributed by atoms with Gasteiger partial charge < -0.3 is 10.1 Å². The molecule has 0 spiro atoms. The summed E-state index contributed by atoms with van der Waals surface area (Å²) in [5.41, 5.74) is 0.976. The number of aryl methyl sites for hydroxylation is 1. The quantitative estimate of drug-likeness (QED) is 0.664. The fourth-order valence-corrected chi connectivity index (χ4v) is 1.90. The lowest BCUT2D eigenvalue weighted by Gasteiger charge is -2.18. The van der Waals surface area contributed by atoms with E-state index in [-0.39, 0.29) is 6.04 Å². The van der Waals surface area contributed by atoms with Crippen LogP contribution in [0.25, 0.3) is 0 Å². The molecule has 1 rings (SSSR count). The zero-order valence-corrected chi connectivity index (χ0v) is 11.5. The number of hydrogen-bond acceptors (Lipinski definition) is 4. The highest BCUT2D eigenvalue weighted by atomic mass is 19.3. The molecule has 0 saturated carbocycles. The van der Waals surface area contributed by atoms with Gasteiger partial charge in [0.15, 0.2) is 0 Å². The van der Waals surface area contributed by atoms with E-state index in [9.17, 15) is 8.78 Å². The maximum absolute atomic E-state index is 12.0. The van der Waals surface area contributed by atoms with Crippen molar-refractivity contribution in [3.63, 3.8) is 0 Å². The van der Waals surface area contributed by atoms with Gasteiger partial charge in [0.25, 0.3) is 6.43 Å². The van der Waals surface area contributed by atoms with E-state index < -0.39 is 13.0 Å². The van der Waals surface area contributed by atoms with Crippen LogP contribution in [0.3, 0.4) is 0 Å². The van der Waals surface area contributed by atoms with Crippen LogP contribution >= 0.6 is 0 Å². The lowest BCUT2D eigenvalue weighted by Crippen LogP contribution is -2.25. The lowest BCUT2D eigenvalue weighted by atomic mass is 10.1. The zero-order valence-electron chi connectivity index (χ0n) is 11.5. The molecular weight excluding hydrogens is 254 g/mol. The Kier molecular flexibility index (Phi) is 7.50. The summed E-state index contributed by atoms with van der Waals surface area (Å²) in [6.45, 7) is 5.44. The van der Waals surface area contributed by atoms with Crippen LogP contribution < -0.4 is 5.32 Å². The Hall–Kier alpha value is -1.08. The first-order valence-corrected chi connectivity index (χ1v) is 6.66. The van der Waals surface area contributed by atoms with Crippen LogP contribution in [-0.4, -0.2) is 41.2 Å². The van der Waals surface area contributed by atoms with Crippen LogP contribution in [-0.2, 0) is 11.3 Å². The molecule has 0 saturated heterocycles. The molecule has 0 aliphatic carbocycles. The van der Waals surface area contributed by atoms with Crippen molar-refractivity contribution in [3.05, 3.63) is 11.9 Å². The van der Waals surface area contributed by atoms with E-state index in [0.29, 0.717) is 13.0 Å². The first-order chi connectivity index (χ1) is 9.19. The minimum atomic E-state index is -2.41. The van der Waals surface area contributed by atoms with E-state index in [1.54, 1.807) is 6.20 Å². The lowest BCUT2D eigenvalue weighted by molar-refractivity contribution is 0.0142. The minimum Gasteiger partial charge on any atom is -0.375 e. The van der Waals surface area contributed by atoms with Crippen molar-refractivity contribution in [2.45, 2.75) is 45.7 Å². The van der Waals surface area contributed by atoms with Gasteiger partial charge in [0, 0.05) is 13.2 Å². The number of nitrogens with one attached hydrogen (secondary N) is 1. The molecule has 0 bridgehead atoms. The summed E-state index contributed by atoms with van der Waals surface area (Å²) in [6.07, 6.45) is 0.898. The van der Waals surface area contributed by atoms with Crippen LogP contribution in [0, 0.1) is 0 Å². The molecule has 1 aromatic rings. The Morgan fingerprint density at radius 2 is 2.21 bits per heavy atom. The highest BCUT2D eigenvalue weighted by molar-refractivity contribution is 5.02. The summed E-state index contributed by atoms with van der Waals surface area (Å²) >= 11 is 0. The van der Waals surface area contributed by atoms with Gasteiger partial charge >= 0.3 is 0 Å². The molecular formula is C12H22F2N4O. The normalized spacial score (nSPS) is 13.1. The maximum atomic E-state index is 12.0. The van der Waals surface area contributed by atoms with Crippen LogP contribution in [0.5, 0.6) is 0 Å². The largest absolute Gasteiger partial charge is 0.375 e. The molecule has 1 heterocycles. The second-order valence-corrected chi connectivity index (χ2v) is 4.25. The Balaban J connectivity index is 2.53. The van der Waals surface area contributed by atoms with Crippen LogP contribution in [0.2, 0.25) is 0 Å². The molecule has 0 aromatic carbocycles. The molecule has 0 fully saturated rings. The number of alkyl halides is 2. The summed E-state index contributed by atoms with van der Waals surface area (Å²) in [7, 11) is 0. The topological polar surface area (TPSA) is 52.0 Å². The first kappa shape index (κ1) is 16.0. The zero-order chi connectivity index (χ0) is 14.1. The predicted molar refractivity (Wildman–Crippen MR) is 68.2 cm³/mol. The molecule has 0 aliphatic heterocycles. The van der Waals surface area contributed by atoms with Gasteiger partial charge in [0.1, 0.15) is 6.61 Å². The van der Waals surface area contributed by atoms with Gasteiger partial charge in [-0.1, -0.05) is 19.1 Å². The van der Waals surface area contributed by atoms with Crippen molar-refractivity contribution in [2.75, 3.05) is 19.8 Å². The van der Waals surface area contributed by atoms with Crippen molar-refractivity contribution < 1.29 is 13.5 Å². The summed E-state index contributed by atoms with van der Waals surface area (Å²) in [6, 6.07) is 0.0317. The van der Waals surface area contributed by atoms with Gasteiger partial charge in [0.05, 0.1) is 17.9 Å². The van der Waals surface area contributed by atoms with Crippen LogP contribution in [0.4, 0.5) is 8.78 Å². The van der Waals surface area contributed by atoms with Gasteiger partial charge in [-0.15, -0.1) is 5.10 Å². The van der Waals surface area contributed by atoms with Gasteiger partial charge in [-0.25, -0.2) is 13.5 Å². The molecule has 1 unspecified atom stereocenters. The molecule has 1 aromatic heterocycles. The number of rotatable bonds is 10. The SMILES string of the molecule is CCCn1nncc1C(CCOCC(F)F)NCC. The summed E-state index contributed by atoms with van der Waals surface area (Å²) < 4.78 is 30.7. The summed E-state index contributed by atoms with van der Waals surface area (Å²) in [4.78, 5) is 0. The third-order valence-corrected chi connectivity index (χ3v) is 2.69. The van der Waals surface area contributed by atoms with Gasteiger partial charge in [0.2, 0.25) is 0 Å². The third-order valence-electron chi connectivity index (χ3n) is 2.69. The Bertz CT molecular complexity index is 346. The average Bonchev–Trinajstić information content (AvgIpc) is 2.81. The minimum absolute atomic E-state index is 0.0317. The maximum Gasteiger partial charge on any atom is 0.261 e. The fourth-order valence-electron chi connectivity index (χ4n) is 1.90. The second-order valence-electron chi connectivity index (χ2n) is 4.25. The number of aromatic nitrogens is 3. The van der Waals surface area contributed by atoms with Crippen molar-refractivity contribution in [2.24, 2.45) is 0 Å². The van der Waals surface area contributed by atoms with Crippen molar-refractivity contribution in [1.29, 1.82) is 0 Å².